The Morgan fingerprint density at radius 3 is 1.13 bits per heavy atom. The van der Waals surface area contributed by atoms with E-state index in [0.29, 0.717) is 12.8 Å². The fraction of sp³-hybridized carbons (Fsp3) is 0.719. The highest BCUT2D eigenvalue weighted by molar-refractivity contribution is 5.88. The third kappa shape index (κ3) is 25.5. The van der Waals surface area contributed by atoms with Crippen LogP contribution in [-0.2, 0) is 76.3 Å². The number of hydrogen-bond donors (Lipinski definition) is 4. The number of fused-ring (bicyclic) bond motifs is 14. The molecule has 84 heavy (non-hydrogen) atoms. The zero-order chi connectivity index (χ0) is 64.6. The predicted octanol–water partition coefficient (Wildman–Crippen LogP) is 9.38. The maximum atomic E-state index is 11.6. The molecular formula is C64H102O20. The minimum atomic E-state index is -1.05. The van der Waals surface area contributed by atoms with Crippen LogP contribution in [0, 0.1) is 64.1 Å². The van der Waals surface area contributed by atoms with Crippen molar-refractivity contribution in [3.63, 3.8) is 0 Å². The van der Waals surface area contributed by atoms with Gasteiger partial charge in [0.05, 0.1) is 55.4 Å². The Kier molecular flexibility index (Phi) is 33.0. The average molecular weight is 1190 g/mol. The summed E-state index contributed by atoms with van der Waals surface area (Å²) >= 11 is 0. The molecule has 8 fully saturated rings. The Morgan fingerprint density at radius 1 is 0.560 bits per heavy atom. The highest BCUT2D eigenvalue weighted by Crippen LogP contribution is 2.65. The van der Waals surface area contributed by atoms with Gasteiger partial charge in [0.1, 0.15) is 38.6 Å². The second-order valence-electron chi connectivity index (χ2n) is 24.4. The Balaban J connectivity index is 0.000000493. The summed E-state index contributed by atoms with van der Waals surface area (Å²) in [5.41, 5.74) is -0.202. The zero-order valence-electron chi connectivity index (χ0n) is 52.7. The molecule has 6 saturated carbocycles. The average Bonchev–Trinajstić information content (AvgIpc) is 1.80. The van der Waals surface area contributed by atoms with Crippen LogP contribution in [0.25, 0.3) is 0 Å². The molecule has 8 aliphatic rings. The van der Waals surface area contributed by atoms with E-state index in [9.17, 15) is 48.6 Å². The van der Waals surface area contributed by atoms with Gasteiger partial charge in [-0.2, -0.15) is 0 Å². The van der Waals surface area contributed by atoms with E-state index in [1.807, 2.05) is 27.7 Å². The number of methoxy groups -OCH3 is 2. The van der Waals surface area contributed by atoms with Gasteiger partial charge < -0.3 is 58.3 Å². The van der Waals surface area contributed by atoms with E-state index in [1.54, 1.807) is 53.4 Å². The normalized spacial score (nSPS) is 26.2. The van der Waals surface area contributed by atoms with E-state index >= 15 is 0 Å². The van der Waals surface area contributed by atoms with Crippen LogP contribution in [0.2, 0.25) is 0 Å². The highest BCUT2D eigenvalue weighted by Gasteiger charge is 2.65. The van der Waals surface area contributed by atoms with Crippen molar-refractivity contribution < 1.29 is 96.7 Å². The van der Waals surface area contributed by atoms with Crippen LogP contribution in [0.5, 0.6) is 0 Å². The first kappa shape index (κ1) is 76.3. The van der Waals surface area contributed by atoms with Gasteiger partial charge in [-0.3, -0.25) is 14.4 Å². The lowest BCUT2D eigenvalue weighted by Gasteiger charge is -2.25. The van der Waals surface area contributed by atoms with E-state index in [2.05, 4.69) is 51.8 Å². The number of aliphatic hydroxyl groups excluding tert-OH is 2. The van der Waals surface area contributed by atoms with E-state index in [-0.39, 0.29) is 66.6 Å². The fourth-order valence-corrected chi connectivity index (χ4v) is 10.6. The number of aliphatic carboxylic acids is 2. The van der Waals surface area contributed by atoms with Gasteiger partial charge in [0.15, 0.2) is 0 Å². The summed E-state index contributed by atoms with van der Waals surface area (Å²) in [7, 11) is 2.72. The lowest BCUT2D eigenvalue weighted by Crippen LogP contribution is -2.31. The topological polar surface area (TPSA) is 298 Å². The Morgan fingerprint density at radius 2 is 0.905 bits per heavy atom. The number of carbonyl (C=O) groups excluding carboxylic acids is 6. The summed E-state index contributed by atoms with van der Waals surface area (Å²) in [6, 6.07) is 0. The number of carboxylic acids is 2. The first-order valence-electron chi connectivity index (χ1n) is 29.3. The van der Waals surface area contributed by atoms with Crippen LogP contribution in [0.15, 0.2) is 61.3 Å². The molecule has 14 unspecified atom stereocenters. The molecular weight excluding hydrogens is 1090 g/mol. The smallest absolute Gasteiger partial charge is 0.333 e. The maximum Gasteiger partial charge on any atom is 0.333 e. The van der Waals surface area contributed by atoms with E-state index in [0.717, 1.165) is 84.3 Å². The van der Waals surface area contributed by atoms with Crippen LogP contribution < -0.4 is 0 Å². The fourth-order valence-electron chi connectivity index (χ4n) is 10.6. The standard InChI is InChI=1S/C13H22O5.C11H16O5.2C10H14O.2C6H12O2.2C4H6O2/c1-6-13(4,5)12(16)18-8-10(14)7-17-11(15)9(2)3;1-7(2)10(13)15-5-9(12)6-16-11(14)8(3)4;2*1-2-6-3-5(1)7-4-8-10(11-8)9(6)7;1-4-6(2,3)5(7)8;1-4-5(2)6(7)8-3;1-3-4(5)6-2;1-3(2)4(5)6/h10,14H,2,6-8H2,1,3-5H3;9,12H,1,3,5-6H2,2,4H3;2*5-10H,1-4H2;4H2,1-3H3,(H,7,8);5H,4H2,1-3H3;3H,1H2,2H3;1H2,2H3,(H,5,6). The SMILES string of the molecule is C1CC2CC1C1CC3OC3C21.C1CC2CC1C1CC3OC3C21.C=C(C)C(=O)O.C=C(C)C(=O)OCC(O)COC(=O)C(=C)C.C=C(C)C(=O)OCC(O)COC(=O)C(C)(C)CC.C=CC(=O)OC.CCC(C)(C)C(=O)O.CCC(C)C(=O)OC. The number of epoxide rings is 2. The number of aliphatic hydroxyl groups is 2. The molecule has 20 nitrogen and oxygen atoms in total. The minimum Gasteiger partial charge on any atom is -0.481 e. The molecule has 4 N–H and O–H groups in total. The third-order valence-corrected chi connectivity index (χ3v) is 16.8. The van der Waals surface area contributed by atoms with Crippen LogP contribution in [0.3, 0.4) is 0 Å². The van der Waals surface area contributed by atoms with Crippen LogP contribution in [-0.4, -0.2) is 145 Å². The lowest BCUT2D eigenvalue weighted by atomic mass is 9.81. The molecule has 0 aromatic rings. The van der Waals surface area contributed by atoms with Crippen molar-refractivity contribution in [3.05, 3.63) is 61.3 Å². The third-order valence-electron chi connectivity index (χ3n) is 16.8. The van der Waals surface area contributed by atoms with Crippen molar-refractivity contribution >= 4 is 47.8 Å². The highest BCUT2D eigenvalue weighted by atomic mass is 16.6. The Hall–Kier alpha value is -5.70. The van der Waals surface area contributed by atoms with E-state index in [4.69, 9.17) is 29.2 Å². The molecule has 20 heteroatoms. The predicted molar refractivity (Wildman–Crippen MR) is 314 cm³/mol. The summed E-state index contributed by atoms with van der Waals surface area (Å²) in [5.74, 6) is 4.44. The van der Waals surface area contributed by atoms with Gasteiger partial charge in [-0.1, -0.05) is 60.6 Å². The van der Waals surface area contributed by atoms with E-state index in [1.165, 1.54) is 67.6 Å². The van der Waals surface area contributed by atoms with Crippen molar-refractivity contribution in [1.29, 1.82) is 0 Å². The van der Waals surface area contributed by atoms with Crippen molar-refractivity contribution in [2.45, 2.75) is 190 Å². The Bertz CT molecular complexity index is 2170. The van der Waals surface area contributed by atoms with Crippen molar-refractivity contribution in [2.24, 2.45) is 64.1 Å². The molecule has 0 spiro atoms. The first-order chi connectivity index (χ1) is 39.1. The summed E-state index contributed by atoms with van der Waals surface area (Å²) in [6.07, 6.45) is 16.3. The monoisotopic (exact) mass is 1190 g/mol. The van der Waals surface area contributed by atoms with Crippen LogP contribution in [0.1, 0.15) is 154 Å². The van der Waals surface area contributed by atoms with Crippen molar-refractivity contribution in [3.8, 4) is 0 Å². The molecule has 2 heterocycles. The molecule has 478 valence electrons. The van der Waals surface area contributed by atoms with Crippen molar-refractivity contribution in [2.75, 3.05) is 40.6 Å². The van der Waals surface area contributed by atoms with Gasteiger partial charge in [-0.25, -0.2) is 24.0 Å². The van der Waals surface area contributed by atoms with Crippen molar-refractivity contribution in [1.82, 2.24) is 0 Å². The lowest BCUT2D eigenvalue weighted by molar-refractivity contribution is -0.159. The molecule has 14 atom stereocenters. The number of carboxylic acid groups (broad SMARTS) is 2. The molecule has 0 radical (unpaired) electrons. The summed E-state index contributed by atoms with van der Waals surface area (Å²) in [5, 5.41) is 35.1. The first-order valence-corrected chi connectivity index (χ1v) is 29.3. The molecule has 6 aliphatic carbocycles. The van der Waals surface area contributed by atoms with Gasteiger partial charge in [-0.05, 0) is 173 Å². The molecule has 0 aromatic carbocycles. The van der Waals surface area contributed by atoms with Gasteiger partial charge in [0.25, 0.3) is 0 Å². The second-order valence-corrected chi connectivity index (χ2v) is 24.4. The minimum absolute atomic E-state index is 0.0556. The van der Waals surface area contributed by atoms with Gasteiger partial charge >= 0.3 is 47.8 Å². The molecule has 4 bridgehead atoms. The Labute approximate surface area is 499 Å². The molecule has 2 aliphatic heterocycles. The largest absolute Gasteiger partial charge is 0.481 e. The maximum absolute atomic E-state index is 11.6. The molecule has 0 amide bonds. The number of ether oxygens (including phenoxy) is 8. The summed E-state index contributed by atoms with van der Waals surface area (Å²) < 4.78 is 38.8. The second kappa shape index (κ2) is 36.3. The van der Waals surface area contributed by atoms with Gasteiger partial charge in [-0.15, -0.1) is 0 Å². The zero-order valence-corrected chi connectivity index (χ0v) is 52.7. The molecule has 0 aromatic heterocycles. The summed E-state index contributed by atoms with van der Waals surface area (Å²) in [4.78, 5) is 84.7. The van der Waals surface area contributed by atoms with Gasteiger partial charge in [0, 0.05) is 28.4 Å². The molecule has 2 saturated heterocycles. The van der Waals surface area contributed by atoms with Crippen LogP contribution in [0.4, 0.5) is 0 Å². The number of carbonyl (C=O) groups is 8. The number of esters is 6. The quantitative estimate of drug-likeness (QED) is 0.0405. The summed E-state index contributed by atoms with van der Waals surface area (Å²) in [6.45, 7) is 36.1. The molecule has 8 rings (SSSR count). The number of rotatable bonds is 19. The van der Waals surface area contributed by atoms with Crippen LogP contribution >= 0.6 is 0 Å². The van der Waals surface area contributed by atoms with Gasteiger partial charge in [0.2, 0.25) is 0 Å². The van der Waals surface area contributed by atoms with E-state index < -0.39 is 58.9 Å². The number of hydrogen-bond acceptors (Lipinski definition) is 18.